The van der Waals surface area contributed by atoms with Gasteiger partial charge in [-0.25, -0.2) is 4.99 Å². The van der Waals surface area contributed by atoms with Crippen molar-refractivity contribution in [2.45, 2.75) is 41.5 Å². The summed E-state index contributed by atoms with van der Waals surface area (Å²) in [7, 11) is 0. The number of rotatable bonds is 3. The topological polar surface area (TPSA) is 24.4 Å². The van der Waals surface area contributed by atoms with E-state index in [1.54, 1.807) is 0 Å². The number of nitrogens with zero attached hydrogens (tertiary/aromatic N) is 1. The predicted molar refractivity (Wildman–Crippen MR) is 123 cm³/mol. The summed E-state index contributed by atoms with van der Waals surface area (Å²) in [6.45, 7) is 12.7. The summed E-state index contributed by atoms with van der Waals surface area (Å²) in [5.41, 5.74) is 10.4. The molecule has 0 unspecified atom stereocenters. The molecule has 0 aromatic heterocycles. The Kier molecular flexibility index (Phi) is 5.90. The van der Waals surface area contributed by atoms with Gasteiger partial charge in [0.1, 0.15) is 5.84 Å². The van der Waals surface area contributed by atoms with Crippen LogP contribution in [0.25, 0.3) is 0 Å². The zero-order valence-electron chi connectivity index (χ0n) is 17.4. The Morgan fingerprint density at radius 1 is 0.714 bits per heavy atom. The molecule has 0 aliphatic heterocycles. The number of benzene rings is 3. The minimum Gasteiger partial charge on any atom is -0.339 e. The second-order valence-electron chi connectivity index (χ2n) is 7.61. The molecule has 0 fully saturated rings. The molecule has 0 spiro atoms. The fraction of sp³-hybridized carbons (Fsp3) is 0.240. The third-order valence-electron chi connectivity index (χ3n) is 4.90. The number of aliphatic imine (C=N–C) groups is 1. The van der Waals surface area contributed by atoms with Crippen LogP contribution in [-0.4, -0.2) is 5.84 Å². The molecule has 0 saturated carbocycles. The second kappa shape index (κ2) is 8.20. The number of hydrogen-bond acceptors (Lipinski definition) is 1. The monoisotopic (exact) mass is 390 g/mol. The number of halogens is 1. The molecule has 0 aliphatic rings. The van der Waals surface area contributed by atoms with Crippen molar-refractivity contribution in [3.63, 3.8) is 0 Å². The lowest BCUT2D eigenvalue weighted by atomic mass is 10.0. The van der Waals surface area contributed by atoms with Crippen LogP contribution in [0.5, 0.6) is 0 Å². The first-order valence-corrected chi connectivity index (χ1v) is 9.89. The van der Waals surface area contributed by atoms with Crippen molar-refractivity contribution in [3.8, 4) is 0 Å². The third-order valence-corrected chi connectivity index (χ3v) is 5.15. The van der Waals surface area contributed by atoms with E-state index in [1.807, 2.05) is 24.3 Å². The summed E-state index contributed by atoms with van der Waals surface area (Å²) in [4.78, 5) is 5.06. The van der Waals surface area contributed by atoms with E-state index >= 15 is 0 Å². The number of nitrogens with one attached hydrogen (secondary N) is 1. The van der Waals surface area contributed by atoms with Gasteiger partial charge in [0, 0.05) is 16.3 Å². The zero-order chi connectivity index (χ0) is 20.4. The zero-order valence-corrected chi connectivity index (χ0v) is 18.2. The molecule has 3 rings (SSSR count). The molecule has 0 saturated heterocycles. The summed E-state index contributed by atoms with van der Waals surface area (Å²) >= 11 is 6.11. The first kappa shape index (κ1) is 20.2. The summed E-state index contributed by atoms with van der Waals surface area (Å²) < 4.78 is 0. The number of amidine groups is 1. The Hall–Kier alpha value is -2.58. The summed E-state index contributed by atoms with van der Waals surface area (Å²) in [5, 5.41) is 4.32. The van der Waals surface area contributed by atoms with E-state index in [-0.39, 0.29) is 0 Å². The minimum atomic E-state index is 0.716. The Balaban J connectivity index is 2.15. The maximum Gasteiger partial charge on any atom is 0.138 e. The Bertz CT molecular complexity index is 1000. The van der Waals surface area contributed by atoms with Crippen molar-refractivity contribution in [1.29, 1.82) is 0 Å². The molecule has 0 atom stereocenters. The van der Waals surface area contributed by atoms with Crippen molar-refractivity contribution in [1.82, 2.24) is 0 Å². The van der Waals surface area contributed by atoms with Gasteiger partial charge < -0.3 is 5.32 Å². The van der Waals surface area contributed by atoms with Crippen molar-refractivity contribution >= 4 is 28.8 Å². The molecule has 28 heavy (non-hydrogen) atoms. The first-order valence-electron chi connectivity index (χ1n) is 9.52. The Morgan fingerprint density at radius 3 is 1.68 bits per heavy atom. The molecule has 3 aromatic rings. The van der Waals surface area contributed by atoms with Gasteiger partial charge in [-0.15, -0.1) is 0 Å². The molecule has 3 heteroatoms. The van der Waals surface area contributed by atoms with E-state index in [1.165, 1.54) is 33.4 Å². The quantitative estimate of drug-likeness (QED) is 0.366. The molecule has 0 amide bonds. The molecule has 0 heterocycles. The van der Waals surface area contributed by atoms with Gasteiger partial charge >= 0.3 is 0 Å². The van der Waals surface area contributed by atoms with E-state index in [0.717, 1.165) is 22.8 Å². The first-order chi connectivity index (χ1) is 13.2. The van der Waals surface area contributed by atoms with Crippen molar-refractivity contribution < 1.29 is 0 Å². The number of hydrogen-bond donors (Lipinski definition) is 1. The van der Waals surface area contributed by atoms with Crippen molar-refractivity contribution in [2.24, 2.45) is 4.99 Å². The smallest absolute Gasteiger partial charge is 0.138 e. The van der Waals surface area contributed by atoms with E-state index < -0.39 is 0 Å². The molecule has 0 aliphatic carbocycles. The average Bonchev–Trinajstić information content (AvgIpc) is 2.60. The van der Waals surface area contributed by atoms with E-state index in [0.29, 0.717) is 5.02 Å². The van der Waals surface area contributed by atoms with Gasteiger partial charge in [0.2, 0.25) is 0 Å². The van der Waals surface area contributed by atoms with Gasteiger partial charge in [-0.2, -0.15) is 0 Å². The standard InChI is InChI=1S/C25H27ClN2/c1-15-11-17(3)23(18(4)12-15)27-25(21-7-9-22(26)10-8-21)28-24-19(5)13-16(2)14-20(24)6/h7-14H,1-6H3,(H,27,28). The highest BCUT2D eigenvalue weighted by atomic mass is 35.5. The highest BCUT2D eigenvalue weighted by molar-refractivity contribution is 6.30. The molecule has 1 N–H and O–H groups in total. The number of aryl methyl sites for hydroxylation is 6. The molecule has 144 valence electrons. The van der Waals surface area contributed by atoms with Crippen LogP contribution in [0.4, 0.5) is 11.4 Å². The van der Waals surface area contributed by atoms with Gasteiger partial charge in [-0.05, 0) is 88.1 Å². The van der Waals surface area contributed by atoms with Gasteiger partial charge in [-0.1, -0.05) is 47.0 Å². The molecule has 2 nitrogen and oxygen atoms in total. The fourth-order valence-corrected chi connectivity index (χ4v) is 3.85. The maximum absolute atomic E-state index is 6.11. The average molecular weight is 391 g/mol. The van der Waals surface area contributed by atoms with Crippen LogP contribution in [0, 0.1) is 41.5 Å². The van der Waals surface area contributed by atoms with Crippen LogP contribution < -0.4 is 5.32 Å². The summed E-state index contributed by atoms with van der Waals surface area (Å²) in [5.74, 6) is 0.821. The third kappa shape index (κ3) is 4.45. The lowest BCUT2D eigenvalue weighted by Crippen LogP contribution is -2.15. The molecular weight excluding hydrogens is 364 g/mol. The van der Waals surface area contributed by atoms with Crippen LogP contribution in [0.15, 0.2) is 53.5 Å². The number of anilines is 1. The van der Waals surface area contributed by atoms with Crippen LogP contribution >= 0.6 is 11.6 Å². The van der Waals surface area contributed by atoms with E-state index in [9.17, 15) is 0 Å². The van der Waals surface area contributed by atoms with Gasteiger partial charge in [0.15, 0.2) is 0 Å². The van der Waals surface area contributed by atoms with Gasteiger partial charge in [0.25, 0.3) is 0 Å². The minimum absolute atomic E-state index is 0.716. The summed E-state index contributed by atoms with van der Waals surface area (Å²) in [6, 6.07) is 16.5. The van der Waals surface area contributed by atoms with Crippen LogP contribution in [-0.2, 0) is 0 Å². The van der Waals surface area contributed by atoms with Gasteiger partial charge in [0.05, 0.1) is 5.69 Å². The normalized spacial score (nSPS) is 11.6. The summed E-state index contributed by atoms with van der Waals surface area (Å²) in [6.07, 6.45) is 0. The maximum atomic E-state index is 6.11. The lowest BCUT2D eigenvalue weighted by Gasteiger charge is -2.17. The van der Waals surface area contributed by atoms with E-state index in [4.69, 9.17) is 16.6 Å². The SMILES string of the molecule is Cc1cc(C)c(N=C(Nc2c(C)cc(C)cc2C)c2ccc(Cl)cc2)c(C)c1. The fourth-order valence-electron chi connectivity index (χ4n) is 3.73. The van der Waals surface area contributed by atoms with Crippen LogP contribution in [0.1, 0.15) is 38.9 Å². The second-order valence-corrected chi connectivity index (χ2v) is 8.05. The molecule has 0 bridgehead atoms. The molecule has 0 radical (unpaired) electrons. The Labute approximate surface area is 173 Å². The van der Waals surface area contributed by atoms with Crippen LogP contribution in [0.2, 0.25) is 5.02 Å². The van der Waals surface area contributed by atoms with Crippen LogP contribution in [0.3, 0.4) is 0 Å². The largest absolute Gasteiger partial charge is 0.339 e. The predicted octanol–water partition coefficient (Wildman–Crippen LogP) is 7.38. The highest BCUT2D eigenvalue weighted by Gasteiger charge is 2.12. The molecular formula is C25H27ClN2. The van der Waals surface area contributed by atoms with Gasteiger partial charge in [-0.3, -0.25) is 0 Å². The van der Waals surface area contributed by atoms with Crippen molar-refractivity contribution in [3.05, 3.63) is 92.5 Å². The Morgan fingerprint density at radius 2 is 1.18 bits per heavy atom. The highest BCUT2D eigenvalue weighted by Crippen LogP contribution is 2.28. The van der Waals surface area contributed by atoms with Crippen molar-refractivity contribution in [2.75, 3.05) is 5.32 Å². The lowest BCUT2D eigenvalue weighted by molar-refractivity contribution is 1.27. The molecule has 3 aromatic carbocycles. The van der Waals surface area contributed by atoms with E-state index in [2.05, 4.69) is 71.1 Å².